The Kier molecular flexibility index (Phi) is 3.96. The average Bonchev–Trinajstić information content (AvgIpc) is 2.69. The van der Waals surface area contributed by atoms with Crippen LogP contribution in [-0.2, 0) is 4.79 Å². The molecule has 1 atom stereocenters. The number of benzene rings is 1. The number of hydrogen-bond acceptors (Lipinski definition) is 3. The maximum absolute atomic E-state index is 12.0. The molecule has 1 saturated heterocycles. The Morgan fingerprint density at radius 1 is 1.53 bits per heavy atom. The number of alkyl halides is 1. The zero-order chi connectivity index (χ0) is 14.2. The van der Waals surface area contributed by atoms with Crippen LogP contribution >= 0.6 is 23.2 Å². The average molecular weight is 303 g/mol. The molecule has 0 bridgehead atoms. The van der Waals surface area contributed by atoms with Crippen LogP contribution in [0, 0.1) is 23.0 Å². The normalized spacial score (nSPS) is 19.0. The lowest BCUT2D eigenvalue weighted by Crippen LogP contribution is -2.26. The third-order valence-corrected chi connectivity index (χ3v) is 3.79. The molecule has 1 aromatic rings. The second kappa shape index (κ2) is 5.35. The van der Waals surface area contributed by atoms with Crippen LogP contribution in [0.4, 0.5) is 11.4 Å². The molecule has 0 radical (unpaired) electrons. The molecule has 5 nitrogen and oxygen atoms in total. The standard InChI is InChI=1S/C12H12Cl2N2O3/c1-7-2-9(14)4-10(16(18)19)12(7)15-6-8(5-13)3-11(15)17/h2,4,8H,3,5-6H2,1H3. The predicted molar refractivity (Wildman–Crippen MR) is 74.0 cm³/mol. The SMILES string of the molecule is Cc1cc(Cl)cc([N+](=O)[O-])c1N1CC(CCl)CC1=O. The predicted octanol–water partition coefficient (Wildman–Crippen LogP) is 3.15. The Morgan fingerprint density at radius 3 is 2.74 bits per heavy atom. The van der Waals surface area contributed by atoms with Crippen molar-refractivity contribution in [2.75, 3.05) is 17.3 Å². The molecule has 1 fully saturated rings. The maximum Gasteiger partial charge on any atom is 0.294 e. The molecule has 0 aromatic heterocycles. The van der Waals surface area contributed by atoms with Gasteiger partial charge >= 0.3 is 0 Å². The van der Waals surface area contributed by atoms with Crippen LogP contribution in [0.2, 0.25) is 5.02 Å². The van der Waals surface area contributed by atoms with Crippen LogP contribution in [0.15, 0.2) is 12.1 Å². The molecule has 0 N–H and O–H groups in total. The Hall–Kier alpha value is -1.33. The molecule has 1 aromatic carbocycles. The zero-order valence-electron chi connectivity index (χ0n) is 10.2. The van der Waals surface area contributed by atoms with E-state index in [1.54, 1.807) is 13.0 Å². The van der Waals surface area contributed by atoms with Gasteiger partial charge in [0.25, 0.3) is 5.69 Å². The van der Waals surface area contributed by atoms with E-state index in [1.165, 1.54) is 11.0 Å². The molecule has 7 heteroatoms. The van der Waals surface area contributed by atoms with Crippen molar-refractivity contribution in [3.8, 4) is 0 Å². The number of halogens is 2. The second-order valence-corrected chi connectivity index (χ2v) is 5.32. The van der Waals surface area contributed by atoms with Gasteiger partial charge in [0.1, 0.15) is 5.69 Å². The molecule has 1 amide bonds. The maximum atomic E-state index is 12.0. The highest BCUT2D eigenvalue weighted by Crippen LogP contribution is 2.38. The van der Waals surface area contributed by atoms with Crippen molar-refractivity contribution in [1.29, 1.82) is 0 Å². The van der Waals surface area contributed by atoms with Gasteiger partial charge in [0.15, 0.2) is 0 Å². The third kappa shape index (κ3) is 2.67. The van der Waals surface area contributed by atoms with Gasteiger partial charge in [-0.15, -0.1) is 11.6 Å². The van der Waals surface area contributed by atoms with Crippen LogP contribution in [0.1, 0.15) is 12.0 Å². The van der Waals surface area contributed by atoms with Crippen molar-refractivity contribution in [2.45, 2.75) is 13.3 Å². The van der Waals surface area contributed by atoms with Crippen LogP contribution in [0.5, 0.6) is 0 Å². The number of aryl methyl sites for hydroxylation is 1. The quantitative estimate of drug-likeness (QED) is 0.489. The number of hydrogen-bond donors (Lipinski definition) is 0. The Balaban J connectivity index is 2.50. The topological polar surface area (TPSA) is 63.5 Å². The molecular weight excluding hydrogens is 291 g/mol. The molecule has 0 aliphatic carbocycles. The summed E-state index contributed by atoms with van der Waals surface area (Å²) in [5.41, 5.74) is 0.795. The van der Waals surface area contributed by atoms with Crippen LogP contribution in [-0.4, -0.2) is 23.3 Å². The van der Waals surface area contributed by atoms with E-state index in [0.29, 0.717) is 30.1 Å². The van der Waals surface area contributed by atoms with Gasteiger partial charge in [-0.2, -0.15) is 0 Å². The van der Waals surface area contributed by atoms with E-state index in [0.717, 1.165) is 0 Å². The smallest absolute Gasteiger partial charge is 0.294 e. The van der Waals surface area contributed by atoms with Gasteiger partial charge in [0.05, 0.1) is 4.92 Å². The van der Waals surface area contributed by atoms with Crippen LogP contribution < -0.4 is 4.90 Å². The third-order valence-electron chi connectivity index (χ3n) is 3.14. The summed E-state index contributed by atoms with van der Waals surface area (Å²) in [7, 11) is 0. The van der Waals surface area contributed by atoms with Crippen molar-refractivity contribution in [2.24, 2.45) is 5.92 Å². The summed E-state index contributed by atoms with van der Waals surface area (Å²) in [6.07, 6.45) is 0.322. The van der Waals surface area contributed by atoms with E-state index in [9.17, 15) is 14.9 Å². The largest absolute Gasteiger partial charge is 0.306 e. The van der Waals surface area contributed by atoms with Gasteiger partial charge in [-0.1, -0.05) is 11.6 Å². The highest BCUT2D eigenvalue weighted by atomic mass is 35.5. The summed E-state index contributed by atoms with van der Waals surface area (Å²) >= 11 is 11.6. The van der Waals surface area contributed by atoms with Crippen molar-refractivity contribution < 1.29 is 9.72 Å². The van der Waals surface area contributed by atoms with E-state index in [-0.39, 0.29) is 22.5 Å². The van der Waals surface area contributed by atoms with Gasteiger partial charge < -0.3 is 4.90 Å². The van der Waals surface area contributed by atoms with Crippen LogP contribution in [0.3, 0.4) is 0 Å². The molecule has 1 aliphatic heterocycles. The second-order valence-electron chi connectivity index (χ2n) is 4.58. The fraction of sp³-hybridized carbons (Fsp3) is 0.417. The molecule has 2 rings (SSSR count). The van der Waals surface area contributed by atoms with E-state index < -0.39 is 4.92 Å². The molecular formula is C12H12Cl2N2O3. The van der Waals surface area contributed by atoms with Gasteiger partial charge in [0, 0.05) is 29.9 Å². The minimum Gasteiger partial charge on any atom is -0.306 e. The summed E-state index contributed by atoms with van der Waals surface area (Å²) in [6.45, 7) is 2.11. The Morgan fingerprint density at radius 2 is 2.21 bits per heavy atom. The van der Waals surface area contributed by atoms with E-state index in [1.807, 2.05) is 0 Å². The molecule has 0 saturated carbocycles. The number of amides is 1. The number of nitro groups is 1. The first-order chi connectivity index (χ1) is 8.93. The molecule has 1 unspecified atom stereocenters. The van der Waals surface area contributed by atoms with Crippen molar-refractivity contribution >= 4 is 40.5 Å². The number of rotatable bonds is 3. The first-order valence-electron chi connectivity index (χ1n) is 5.75. The Labute approximate surface area is 120 Å². The van der Waals surface area contributed by atoms with Crippen molar-refractivity contribution in [1.82, 2.24) is 0 Å². The minimum atomic E-state index is -0.518. The first kappa shape index (κ1) is 14.1. The summed E-state index contributed by atoms with van der Waals surface area (Å²) in [5.74, 6) is 0.255. The fourth-order valence-corrected chi connectivity index (χ4v) is 2.78. The van der Waals surface area contributed by atoms with E-state index in [4.69, 9.17) is 23.2 Å². The van der Waals surface area contributed by atoms with Crippen LogP contribution in [0.25, 0.3) is 0 Å². The number of nitrogens with zero attached hydrogens (tertiary/aromatic N) is 2. The number of carbonyl (C=O) groups is 1. The summed E-state index contributed by atoms with van der Waals surface area (Å²) in [5, 5.41) is 11.4. The highest BCUT2D eigenvalue weighted by molar-refractivity contribution is 6.31. The molecule has 19 heavy (non-hydrogen) atoms. The highest BCUT2D eigenvalue weighted by Gasteiger charge is 2.35. The lowest BCUT2D eigenvalue weighted by molar-refractivity contribution is -0.384. The van der Waals surface area contributed by atoms with Crippen molar-refractivity contribution in [3.63, 3.8) is 0 Å². The molecule has 1 aliphatic rings. The summed E-state index contributed by atoms with van der Waals surface area (Å²) in [6, 6.07) is 2.89. The van der Waals surface area contributed by atoms with Gasteiger partial charge in [-0.05, 0) is 24.5 Å². The first-order valence-corrected chi connectivity index (χ1v) is 6.66. The van der Waals surface area contributed by atoms with E-state index >= 15 is 0 Å². The summed E-state index contributed by atoms with van der Waals surface area (Å²) < 4.78 is 0. The number of carbonyl (C=O) groups excluding carboxylic acids is 1. The molecule has 102 valence electrons. The zero-order valence-corrected chi connectivity index (χ0v) is 11.7. The van der Waals surface area contributed by atoms with Gasteiger partial charge in [0.2, 0.25) is 5.91 Å². The minimum absolute atomic E-state index is 0.0313. The molecule has 1 heterocycles. The summed E-state index contributed by atoms with van der Waals surface area (Å²) in [4.78, 5) is 24.0. The van der Waals surface area contributed by atoms with Gasteiger partial charge in [-0.25, -0.2) is 0 Å². The lowest BCUT2D eigenvalue weighted by Gasteiger charge is -2.19. The Bertz CT molecular complexity index is 548. The van der Waals surface area contributed by atoms with Gasteiger partial charge in [-0.3, -0.25) is 14.9 Å². The fourth-order valence-electron chi connectivity index (χ4n) is 2.31. The van der Waals surface area contributed by atoms with Crippen molar-refractivity contribution in [3.05, 3.63) is 32.8 Å². The molecule has 0 spiro atoms. The lowest BCUT2D eigenvalue weighted by atomic mass is 10.1. The van der Waals surface area contributed by atoms with E-state index in [2.05, 4.69) is 0 Å². The number of anilines is 1. The monoisotopic (exact) mass is 302 g/mol. The number of nitro benzene ring substituents is 1.